The average molecular weight is 365 g/mol. The Morgan fingerprint density at radius 2 is 1.96 bits per heavy atom. The highest BCUT2D eigenvalue weighted by Gasteiger charge is 2.27. The molecule has 2 nitrogen and oxygen atoms in total. The van der Waals surface area contributed by atoms with Crippen molar-refractivity contribution in [2.24, 2.45) is 5.41 Å². The molecule has 1 aliphatic rings. The quantitative estimate of drug-likeness (QED) is 0.400. The summed E-state index contributed by atoms with van der Waals surface area (Å²) in [6, 6.07) is 0. The van der Waals surface area contributed by atoms with E-state index in [1.54, 1.807) is 11.1 Å². The van der Waals surface area contributed by atoms with Gasteiger partial charge < -0.3 is 10.2 Å². The zero-order valence-electron chi connectivity index (χ0n) is 18.3. The molecule has 0 spiro atoms. The van der Waals surface area contributed by atoms with E-state index < -0.39 is 5.60 Å². The molecule has 0 aliphatic heterocycles. The lowest BCUT2D eigenvalue weighted by atomic mass is 9.71. The van der Waals surface area contributed by atoms with E-state index in [2.05, 4.69) is 40.7 Å². The van der Waals surface area contributed by atoms with Crippen molar-refractivity contribution >= 4 is 0 Å². The summed E-state index contributed by atoms with van der Waals surface area (Å²) in [5.41, 5.74) is 4.42. The average Bonchev–Trinajstić information content (AvgIpc) is 2.52. The van der Waals surface area contributed by atoms with Gasteiger partial charge >= 0.3 is 0 Å². The van der Waals surface area contributed by atoms with E-state index in [1.165, 1.54) is 31.3 Å². The van der Waals surface area contributed by atoms with E-state index in [0.717, 1.165) is 32.1 Å². The molecule has 0 saturated heterocycles. The summed E-state index contributed by atoms with van der Waals surface area (Å²) in [7, 11) is 0. The first-order chi connectivity index (χ1) is 12.1. The summed E-state index contributed by atoms with van der Waals surface area (Å²) in [6.07, 6.45) is 13.2. The Hall–Kier alpha value is -0.600. The maximum atomic E-state index is 10.5. The minimum absolute atomic E-state index is 0.265. The number of aliphatic hydroxyl groups excluding tert-OH is 1. The van der Waals surface area contributed by atoms with E-state index in [0.29, 0.717) is 18.3 Å². The summed E-state index contributed by atoms with van der Waals surface area (Å²) < 4.78 is 0. The van der Waals surface area contributed by atoms with E-state index in [9.17, 15) is 10.2 Å². The fourth-order valence-corrected chi connectivity index (χ4v) is 4.36. The Morgan fingerprint density at radius 3 is 2.58 bits per heavy atom. The fourth-order valence-electron chi connectivity index (χ4n) is 4.36. The van der Waals surface area contributed by atoms with Gasteiger partial charge in [0.25, 0.3) is 0 Å². The molecule has 0 heterocycles. The Morgan fingerprint density at radius 1 is 1.27 bits per heavy atom. The standard InChI is InChI=1S/C24H44O2/c1-7-10-21(25)15-18-24(6,26)17-8-11-19(2)13-14-22-20(3)12-9-16-23(22,4)5/h11,21,25-26H,7-10,12-18H2,1-6H3/b19-11+/t21-,24-/m0/s1. The van der Waals surface area contributed by atoms with Gasteiger partial charge in [-0.2, -0.15) is 0 Å². The van der Waals surface area contributed by atoms with Crippen molar-refractivity contribution < 1.29 is 10.2 Å². The molecule has 0 unspecified atom stereocenters. The van der Waals surface area contributed by atoms with Crippen molar-refractivity contribution in [1.29, 1.82) is 0 Å². The monoisotopic (exact) mass is 364 g/mol. The van der Waals surface area contributed by atoms with Gasteiger partial charge in [-0.1, -0.05) is 50.0 Å². The van der Waals surface area contributed by atoms with E-state index >= 15 is 0 Å². The second-order valence-corrected chi connectivity index (χ2v) is 9.56. The molecule has 0 aromatic rings. The number of rotatable bonds is 11. The van der Waals surface area contributed by atoms with Crippen molar-refractivity contribution in [1.82, 2.24) is 0 Å². The number of allylic oxidation sites excluding steroid dienone is 4. The molecule has 0 bridgehead atoms. The Labute approximate surface area is 162 Å². The van der Waals surface area contributed by atoms with Crippen molar-refractivity contribution in [3.05, 3.63) is 22.8 Å². The molecule has 0 fully saturated rings. The maximum absolute atomic E-state index is 10.5. The first kappa shape index (κ1) is 23.4. The van der Waals surface area contributed by atoms with Crippen molar-refractivity contribution in [2.75, 3.05) is 0 Å². The first-order valence-corrected chi connectivity index (χ1v) is 10.8. The van der Waals surface area contributed by atoms with Crippen LogP contribution in [0.25, 0.3) is 0 Å². The van der Waals surface area contributed by atoms with Gasteiger partial charge in [-0.05, 0) is 90.4 Å². The molecule has 0 amide bonds. The van der Waals surface area contributed by atoms with Crippen LogP contribution >= 0.6 is 0 Å². The predicted octanol–water partition coefficient (Wildman–Crippen LogP) is 6.71. The number of hydrogen-bond acceptors (Lipinski definition) is 2. The van der Waals surface area contributed by atoms with Gasteiger partial charge in [0.2, 0.25) is 0 Å². The van der Waals surface area contributed by atoms with Crippen molar-refractivity contribution in [3.63, 3.8) is 0 Å². The number of hydrogen-bond donors (Lipinski definition) is 2. The largest absolute Gasteiger partial charge is 0.393 e. The molecule has 1 rings (SSSR count). The van der Waals surface area contributed by atoms with Gasteiger partial charge in [-0.25, -0.2) is 0 Å². The summed E-state index contributed by atoms with van der Waals surface area (Å²) in [6.45, 7) is 13.3. The molecule has 0 aromatic heterocycles. The highest BCUT2D eigenvalue weighted by molar-refractivity contribution is 5.23. The van der Waals surface area contributed by atoms with Gasteiger partial charge in [-0.3, -0.25) is 0 Å². The molecule has 0 saturated carbocycles. The minimum Gasteiger partial charge on any atom is -0.393 e. The van der Waals surface area contributed by atoms with Crippen LogP contribution in [0, 0.1) is 5.41 Å². The predicted molar refractivity (Wildman–Crippen MR) is 113 cm³/mol. The molecule has 0 aromatic carbocycles. The Bertz CT molecular complexity index is 482. The first-order valence-electron chi connectivity index (χ1n) is 10.8. The topological polar surface area (TPSA) is 40.5 Å². The third-order valence-electron chi connectivity index (χ3n) is 6.27. The lowest BCUT2D eigenvalue weighted by Gasteiger charge is -2.35. The SMILES string of the molecule is CCC[C@H](O)CC[C@@](C)(O)CC/C=C(\C)CCC1=C(C)CCCC1(C)C. The van der Waals surface area contributed by atoms with Crippen LogP contribution in [0.4, 0.5) is 0 Å². The lowest BCUT2D eigenvalue weighted by Crippen LogP contribution is -2.25. The molecule has 2 atom stereocenters. The second kappa shape index (κ2) is 10.7. The highest BCUT2D eigenvalue weighted by Crippen LogP contribution is 2.42. The third-order valence-corrected chi connectivity index (χ3v) is 6.27. The van der Waals surface area contributed by atoms with E-state index in [1.807, 2.05) is 6.92 Å². The minimum atomic E-state index is -0.671. The van der Waals surface area contributed by atoms with Gasteiger partial charge in [-0.15, -0.1) is 0 Å². The summed E-state index contributed by atoms with van der Waals surface area (Å²) >= 11 is 0. The molecule has 26 heavy (non-hydrogen) atoms. The fraction of sp³-hybridized carbons (Fsp3) is 0.833. The van der Waals surface area contributed by atoms with Crippen LogP contribution in [0.2, 0.25) is 0 Å². The van der Waals surface area contributed by atoms with Crippen LogP contribution in [0.3, 0.4) is 0 Å². The number of aliphatic hydroxyl groups is 2. The van der Waals surface area contributed by atoms with E-state index in [4.69, 9.17) is 0 Å². The van der Waals surface area contributed by atoms with Gasteiger partial charge in [0.05, 0.1) is 11.7 Å². The van der Waals surface area contributed by atoms with Crippen LogP contribution in [0.5, 0.6) is 0 Å². The Balaban J connectivity index is 2.41. The van der Waals surface area contributed by atoms with Gasteiger partial charge in [0, 0.05) is 0 Å². The lowest BCUT2D eigenvalue weighted by molar-refractivity contribution is 0.0241. The van der Waals surface area contributed by atoms with Crippen LogP contribution in [0.1, 0.15) is 112 Å². The summed E-state index contributed by atoms with van der Waals surface area (Å²) in [5, 5.41) is 20.4. The highest BCUT2D eigenvalue weighted by atomic mass is 16.3. The van der Waals surface area contributed by atoms with E-state index in [-0.39, 0.29) is 6.10 Å². The van der Waals surface area contributed by atoms with Gasteiger partial charge in [0.15, 0.2) is 0 Å². The van der Waals surface area contributed by atoms with Gasteiger partial charge in [0.1, 0.15) is 0 Å². The zero-order valence-corrected chi connectivity index (χ0v) is 18.3. The zero-order chi connectivity index (χ0) is 19.8. The van der Waals surface area contributed by atoms with Crippen molar-refractivity contribution in [2.45, 2.75) is 124 Å². The maximum Gasteiger partial charge on any atom is 0.0623 e. The summed E-state index contributed by atoms with van der Waals surface area (Å²) in [5.74, 6) is 0. The molecule has 1 aliphatic carbocycles. The van der Waals surface area contributed by atoms with Crippen LogP contribution in [-0.4, -0.2) is 21.9 Å². The molecule has 152 valence electrons. The van der Waals surface area contributed by atoms with Crippen LogP contribution in [0.15, 0.2) is 22.8 Å². The molecular weight excluding hydrogens is 320 g/mol. The smallest absolute Gasteiger partial charge is 0.0623 e. The normalized spacial score (nSPS) is 21.6. The molecule has 2 heteroatoms. The van der Waals surface area contributed by atoms with Crippen molar-refractivity contribution in [3.8, 4) is 0 Å². The van der Waals surface area contributed by atoms with Crippen LogP contribution in [-0.2, 0) is 0 Å². The Kier molecular flexibility index (Phi) is 9.61. The molecule has 0 radical (unpaired) electrons. The molecular formula is C24H44O2. The second-order valence-electron chi connectivity index (χ2n) is 9.56. The molecule has 2 N–H and O–H groups in total. The summed E-state index contributed by atoms with van der Waals surface area (Å²) in [4.78, 5) is 0. The van der Waals surface area contributed by atoms with Crippen LogP contribution < -0.4 is 0 Å². The third kappa shape index (κ3) is 8.39.